The van der Waals surface area contributed by atoms with Crippen LogP contribution in [0, 0.1) is 23.5 Å². The molecule has 0 bridgehead atoms. The highest BCUT2D eigenvalue weighted by Gasteiger charge is 2.36. The Morgan fingerprint density at radius 2 is 1.66 bits per heavy atom. The normalized spacial score (nSPS) is 18.0. The number of anilines is 1. The summed E-state index contributed by atoms with van der Waals surface area (Å²) in [6, 6.07) is 9.03. The van der Waals surface area contributed by atoms with E-state index in [4.69, 9.17) is 9.97 Å². The number of amides is 1. The quantitative estimate of drug-likeness (QED) is 0.333. The molecule has 1 aromatic heterocycles. The van der Waals surface area contributed by atoms with Crippen molar-refractivity contribution in [3.8, 4) is 0 Å². The predicted octanol–water partition coefficient (Wildman–Crippen LogP) is 6.55. The first-order valence-corrected chi connectivity index (χ1v) is 12.8. The lowest BCUT2D eigenvalue weighted by molar-refractivity contribution is -0.140. The van der Waals surface area contributed by atoms with E-state index >= 15 is 0 Å². The fourth-order valence-corrected chi connectivity index (χ4v) is 5.11. The first-order valence-electron chi connectivity index (χ1n) is 12.8. The molecule has 2 aromatic carbocycles. The number of fused-ring (bicyclic) bond motifs is 1. The van der Waals surface area contributed by atoms with Gasteiger partial charge in [0.15, 0.2) is 11.6 Å². The third-order valence-electron chi connectivity index (χ3n) is 7.22. The topological polar surface area (TPSA) is 58.1 Å². The SMILES string of the molecule is CN(C)c1nc(CCCC2CCC(CNC(=O)c3ccc(C(F)(F)F)c(F)c3F)CC2)nc2ccccc12. The van der Waals surface area contributed by atoms with Crippen molar-refractivity contribution in [1.82, 2.24) is 15.3 Å². The molecule has 1 aliphatic rings. The van der Waals surface area contributed by atoms with Gasteiger partial charge in [0.2, 0.25) is 0 Å². The van der Waals surface area contributed by atoms with Crippen molar-refractivity contribution in [3.63, 3.8) is 0 Å². The number of halogens is 5. The zero-order valence-electron chi connectivity index (χ0n) is 21.4. The molecule has 1 saturated carbocycles. The Bertz CT molecular complexity index is 1290. The number of para-hydroxylation sites is 1. The van der Waals surface area contributed by atoms with Crippen molar-refractivity contribution >= 4 is 22.6 Å². The summed E-state index contributed by atoms with van der Waals surface area (Å²) >= 11 is 0. The maximum atomic E-state index is 14.1. The molecule has 204 valence electrons. The van der Waals surface area contributed by atoms with Crippen molar-refractivity contribution in [1.29, 1.82) is 0 Å². The third kappa shape index (κ3) is 6.39. The molecule has 0 unspecified atom stereocenters. The van der Waals surface area contributed by atoms with Crippen LogP contribution in [-0.4, -0.2) is 36.5 Å². The molecule has 5 nitrogen and oxygen atoms in total. The molecule has 4 rings (SSSR count). The van der Waals surface area contributed by atoms with Crippen LogP contribution in [0.3, 0.4) is 0 Å². The molecule has 1 N–H and O–H groups in total. The van der Waals surface area contributed by atoms with E-state index in [0.29, 0.717) is 18.1 Å². The van der Waals surface area contributed by atoms with Crippen LogP contribution in [-0.2, 0) is 12.6 Å². The number of aromatic nitrogens is 2. The van der Waals surface area contributed by atoms with Crippen LogP contribution in [0.15, 0.2) is 36.4 Å². The van der Waals surface area contributed by atoms with E-state index in [1.54, 1.807) is 0 Å². The molecule has 0 saturated heterocycles. The molecular weight excluding hydrogens is 503 g/mol. The van der Waals surface area contributed by atoms with Crippen molar-refractivity contribution < 1.29 is 26.7 Å². The summed E-state index contributed by atoms with van der Waals surface area (Å²) in [5.74, 6) is -2.28. The number of nitrogens with zero attached hydrogens (tertiary/aromatic N) is 3. The lowest BCUT2D eigenvalue weighted by atomic mass is 9.80. The third-order valence-corrected chi connectivity index (χ3v) is 7.22. The number of rotatable bonds is 8. The van der Waals surface area contributed by atoms with Gasteiger partial charge in [0.25, 0.3) is 5.91 Å². The summed E-state index contributed by atoms with van der Waals surface area (Å²) in [5.41, 5.74) is -1.52. The van der Waals surface area contributed by atoms with Crippen LogP contribution >= 0.6 is 0 Å². The highest BCUT2D eigenvalue weighted by atomic mass is 19.4. The average Bonchev–Trinajstić information content (AvgIpc) is 2.88. The summed E-state index contributed by atoms with van der Waals surface area (Å²) < 4.78 is 66.1. The number of carbonyl (C=O) groups excluding carboxylic acids is 1. The van der Waals surface area contributed by atoms with E-state index in [0.717, 1.165) is 67.5 Å². The number of carbonyl (C=O) groups is 1. The average molecular weight is 535 g/mol. The lowest BCUT2D eigenvalue weighted by Crippen LogP contribution is -2.32. The van der Waals surface area contributed by atoms with Gasteiger partial charge in [0.05, 0.1) is 16.6 Å². The summed E-state index contributed by atoms with van der Waals surface area (Å²) in [6.07, 6.45) is 1.51. The Hall–Kier alpha value is -3.30. The Labute approximate surface area is 218 Å². The van der Waals surface area contributed by atoms with Gasteiger partial charge in [-0.05, 0) is 55.4 Å². The summed E-state index contributed by atoms with van der Waals surface area (Å²) in [4.78, 5) is 23.8. The van der Waals surface area contributed by atoms with E-state index in [-0.39, 0.29) is 12.5 Å². The van der Waals surface area contributed by atoms with Gasteiger partial charge in [-0.15, -0.1) is 0 Å². The minimum absolute atomic E-state index is 0.184. The van der Waals surface area contributed by atoms with Gasteiger partial charge < -0.3 is 10.2 Å². The van der Waals surface area contributed by atoms with E-state index in [1.165, 1.54) is 0 Å². The molecule has 1 amide bonds. The van der Waals surface area contributed by atoms with Crippen molar-refractivity contribution in [3.05, 3.63) is 65.0 Å². The van der Waals surface area contributed by atoms with Gasteiger partial charge in [0.1, 0.15) is 11.6 Å². The highest BCUT2D eigenvalue weighted by Crippen LogP contribution is 2.34. The van der Waals surface area contributed by atoms with E-state index in [9.17, 15) is 26.7 Å². The summed E-state index contributed by atoms with van der Waals surface area (Å²) in [5, 5.41) is 3.58. The Kier molecular flexibility index (Phi) is 8.47. The number of hydrogen-bond donors (Lipinski definition) is 1. The molecule has 0 spiro atoms. The fourth-order valence-electron chi connectivity index (χ4n) is 5.11. The van der Waals surface area contributed by atoms with Crippen LogP contribution in [0.1, 0.15) is 60.3 Å². The van der Waals surface area contributed by atoms with Crippen molar-refractivity contribution in [2.45, 2.75) is 51.1 Å². The molecule has 38 heavy (non-hydrogen) atoms. The summed E-state index contributed by atoms with van der Waals surface area (Å²) in [7, 11) is 3.94. The molecular formula is C28H31F5N4O. The second-order valence-corrected chi connectivity index (χ2v) is 10.2. The highest BCUT2D eigenvalue weighted by molar-refractivity contribution is 5.94. The van der Waals surface area contributed by atoms with Gasteiger partial charge in [-0.3, -0.25) is 4.79 Å². The smallest absolute Gasteiger partial charge is 0.362 e. The van der Waals surface area contributed by atoms with Gasteiger partial charge in [-0.2, -0.15) is 13.2 Å². The zero-order valence-corrected chi connectivity index (χ0v) is 21.4. The largest absolute Gasteiger partial charge is 0.419 e. The monoisotopic (exact) mass is 534 g/mol. The predicted molar refractivity (Wildman–Crippen MR) is 136 cm³/mol. The first kappa shape index (κ1) is 27.7. The second-order valence-electron chi connectivity index (χ2n) is 10.2. The second kappa shape index (κ2) is 11.6. The Balaban J connectivity index is 1.23. The van der Waals surface area contributed by atoms with Crippen molar-refractivity contribution in [2.75, 3.05) is 25.5 Å². The van der Waals surface area contributed by atoms with E-state index in [1.807, 2.05) is 43.3 Å². The van der Waals surface area contributed by atoms with Crippen LogP contribution in [0.25, 0.3) is 10.9 Å². The minimum atomic E-state index is -5.03. The first-order chi connectivity index (χ1) is 18.0. The maximum absolute atomic E-state index is 14.1. The number of benzene rings is 2. The van der Waals surface area contributed by atoms with Crippen LogP contribution < -0.4 is 10.2 Å². The number of alkyl halides is 3. The Morgan fingerprint density at radius 3 is 2.34 bits per heavy atom. The molecule has 3 aromatic rings. The molecule has 0 atom stereocenters. The van der Waals surface area contributed by atoms with Gasteiger partial charge >= 0.3 is 6.18 Å². The minimum Gasteiger partial charge on any atom is -0.362 e. The van der Waals surface area contributed by atoms with Gasteiger partial charge in [-0.1, -0.05) is 31.4 Å². The Morgan fingerprint density at radius 1 is 0.974 bits per heavy atom. The van der Waals surface area contributed by atoms with Gasteiger partial charge in [-0.25, -0.2) is 18.7 Å². The molecule has 1 heterocycles. The van der Waals surface area contributed by atoms with Crippen LogP contribution in [0.5, 0.6) is 0 Å². The number of aryl methyl sites for hydroxylation is 1. The number of hydrogen-bond acceptors (Lipinski definition) is 4. The molecule has 1 aliphatic carbocycles. The van der Waals surface area contributed by atoms with Crippen LogP contribution in [0.4, 0.5) is 27.8 Å². The maximum Gasteiger partial charge on any atom is 0.419 e. The molecule has 10 heteroatoms. The zero-order chi connectivity index (χ0) is 27.4. The summed E-state index contributed by atoms with van der Waals surface area (Å²) in [6.45, 7) is 0.270. The van der Waals surface area contributed by atoms with E-state index < -0.39 is 34.8 Å². The molecule has 0 aliphatic heterocycles. The molecule has 0 radical (unpaired) electrons. The van der Waals surface area contributed by atoms with Crippen molar-refractivity contribution in [2.24, 2.45) is 11.8 Å². The standard InChI is InChI=1S/C28H31F5N4O/c1-37(2)26-19-7-3-4-8-22(19)35-23(36-26)9-5-6-17-10-12-18(13-11-17)16-34-27(38)20-14-15-21(28(31,32)33)25(30)24(20)29/h3-4,7-8,14-15,17-18H,5-6,9-13,16H2,1-2H3,(H,34,38). The molecule has 1 fully saturated rings. The fraction of sp³-hybridized carbons (Fsp3) is 0.464. The van der Waals surface area contributed by atoms with Gasteiger partial charge in [0, 0.05) is 32.4 Å². The van der Waals surface area contributed by atoms with Crippen LogP contribution in [0.2, 0.25) is 0 Å². The van der Waals surface area contributed by atoms with E-state index in [2.05, 4.69) is 5.32 Å². The number of nitrogens with one attached hydrogen (secondary N) is 1. The lowest BCUT2D eigenvalue weighted by Gasteiger charge is -2.28.